The number of ether oxygens (including phenoxy) is 4. The number of carbonyl (C=O) groups is 2. The third-order valence-electron chi connectivity index (χ3n) is 9.21. The Hall–Kier alpha value is -3.24. The minimum Gasteiger partial charge on any atom is -0.494 e. The second-order valence-electron chi connectivity index (χ2n) is 12.3. The Kier molecular flexibility index (Phi) is 7.31. The van der Waals surface area contributed by atoms with Crippen LogP contribution in [0.1, 0.15) is 57.0 Å². The van der Waals surface area contributed by atoms with E-state index in [1.807, 2.05) is 30.3 Å². The highest BCUT2D eigenvalue weighted by molar-refractivity contribution is 5.89. The van der Waals surface area contributed by atoms with Crippen molar-refractivity contribution >= 4 is 18.0 Å². The lowest BCUT2D eigenvalue weighted by Crippen LogP contribution is -2.83. The second-order valence-corrected chi connectivity index (χ2v) is 12.3. The lowest BCUT2D eigenvalue weighted by Gasteiger charge is -2.65. The van der Waals surface area contributed by atoms with E-state index in [0.717, 1.165) is 5.56 Å². The van der Waals surface area contributed by atoms with Crippen LogP contribution in [0.15, 0.2) is 66.9 Å². The Morgan fingerprint density at radius 2 is 1.54 bits per heavy atom. The summed E-state index contributed by atoms with van der Waals surface area (Å²) in [6, 6.07) is 17.8. The van der Waals surface area contributed by atoms with Crippen molar-refractivity contribution in [2.24, 2.45) is 11.3 Å². The van der Waals surface area contributed by atoms with Crippen LogP contribution in [0.4, 0.5) is 0 Å². The van der Waals surface area contributed by atoms with Gasteiger partial charge in [-0.1, -0.05) is 48.5 Å². The molecule has 2 aromatic carbocycles. The number of hydrogen-bond acceptors (Lipinski definition) is 9. The van der Waals surface area contributed by atoms with Crippen molar-refractivity contribution in [3.8, 4) is 0 Å². The first kappa shape index (κ1) is 29.3. The standard InChI is InChI=1S/C32H38O9/c1-19(33)39-26-22(34)18-30(4,37)32-25(35)23(29(2,3)41-32)24(38-17-16-20-12-8-6-9-13-20)27(31(26,32)5)40-28(36)21-14-10-7-11-15-21/h6-17,22-27,34-35,37H,18H2,1-5H3. The molecule has 1 spiro atoms. The summed E-state index contributed by atoms with van der Waals surface area (Å²) < 4.78 is 25.0. The van der Waals surface area contributed by atoms with Crippen LogP contribution >= 0.6 is 0 Å². The molecule has 3 aliphatic rings. The number of hydrogen-bond donors (Lipinski definition) is 3. The van der Waals surface area contributed by atoms with Gasteiger partial charge >= 0.3 is 11.9 Å². The van der Waals surface area contributed by atoms with E-state index in [1.165, 1.54) is 20.1 Å². The van der Waals surface area contributed by atoms with E-state index in [-0.39, 0.29) is 12.0 Å². The fourth-order valence-corrected chi connectivity index (χ4v) is 7.62. The summed E-state index contributed by atoms with van der Waals surface area (Å²) in [6.45, 7) is 7.84. The van der Waals surface area contributed by atoms with Crippen LogP contribution < -0.4 is 0 Å². The largest absolute Gasteiger partial charge is 0.494 e. The summed E-state index contributed by atoms with van der Waals surface area (Å²) in [5.41, 5.74) is -5.25. The number of aliphatic hydroxyl groups is 3. The number of aliphatic hydroxyl groups excluding tert-OH is 2. The molecule has 2 aromatic rings. The van der Waals surface area contributed by atoms with E-state index >= 15 is 0 Å². The van der Waals surface area contributed by atoms with E-state index in [0.29, 0.717) is 0 Å². The van der Waals surface area contributed by atoms with Gasteiger partial charge in [-0.25, -0.2) is 4.79 Å². The highest BCUT2D eigenvalue weighted by Crippen LogP contribution is 2.68. The predicted molar refractivity (Wildman–Crippen MR) is 148 cm³/mol. The Bertz CT molecular complexity index is 1310. The number of esters is 2. The number of rotatable bonds is 6. The zero-order valence-corrected chi connectivity index (χ0v) is 23.9. The van der Waals surface area contributed by atoms with Crippen LogP contribution in [0.25, 0.3) is 6.08 Å². The van der Waals surface area contributed by atoms with Crippen LogP contribution in [-0.4, -0.2) is 74.6 Å². The molecule has 0 amide bonds. The molecule has 2 aliphatic carbocycles. The van der Waals surface area contributed by atoms with E-state index in [9.17, 15) is 24.9 Å². The molecule has 2 saturated carbocycles. The maximum absolute atomic E-state index is 13.6. The highest BCUT2D eigenvalue weighted by atomic mass is 16.6. The molecule has 3 N–H and O–H groups in total. The molecule has 9 heteroatoms. The van der Waals surface area contributed by atoms with Gasteiger partial charge in [0.15, 0.2) is 6.10 Å². The first-order chi connectivity index (χ1) is 19.3. The fraction of sp³-hybridized carbons (Fsp3) is 0.500. The van der Waals surface area contributed by atoms with Crippen LogP contribution in [-0.2, 0) is 23.7 Å². The molecular formula is C32H38O9. The predicted octanol–water partition coefficient (Wildman–Crippen LogP) is 3.26. The summed E-state index contributed by atoms with van der Waals surface area (Å²) in [5.74, 6) is -2.15. The van der Waals surface area contributed by atoms with E-state index in [2.05, 4.69) is 0 Å². The molecule has 3 fully saturated rings. The molecule has 41 heavy (non-hydrogen) atoms. The molecule has 1 saturated heterocycles. The van der Waals surface area contributed by atoms with Gasteiger partial charge in [-0.15, -0.1) is 0 Å². The zero-order valence-electron chi connectivity index (χ0n) is 23.9. The van der Waals surface area contributed by atoms with Gasteiger partial charge in [0.05, 0.1) is 46.6 Å². The minimum atomic E-state index is -1.81. The van der Waals surface area contributed by atoms with Crippen molar-refractivity contribution in [1.82, 2.24) is 0 Å². The summed E-state index contributed by atoms with van der Waals surface area (Å²) in [4.78, 5) is 25.9. The Labute approximate surface area is 239 Å². The van der Waals surface area contributed by atoms with Gasteiger partial charge < -0.3 is 34.3 Å². The topological polar surface area (TPSA) is 132 Å². The smallest absolute Gasteiger partial charge is 0.338 e. The molecule has 9 unspecified atom stereocenters. The van der Waals surface area contributed by atoms with Gasteiger partial charge in [-0.05, 0) is 51.5 Å². The molecule has 220 valence electrons. The average Bonchev–Trinajstić information content (AvgIpc) is 3.10. The SMILES string of the molecule is CC(=O)OC1C(O)CC(C)(O)C23OC(C)(C)C(C(OC=Cc4ccccc4)C(OC(=O)c4ccccc4)C12C)C3O. The number of carbonyl (C=O) groups excluding carboxylic acids is 2. The van der Waals surface area contributed by atoms with Gasteiger partial charge in [-0.2, -0.15) is 0 Å². The van der Waals surface area contributed by atoms with E-state index in [4.69, 9.17) is 18.9 Å². The van der Waals surface area contributed by atoms with Gasteiger partial charge in [-0.3, -0.25) is 4.79 Å². The van der Waals surface area contributed by atoms with Gasteiger partial charge in [0.25, 0.3) is 0 Å². The van der Waals surface area contributed by atoms with E-state index in [1.54, 1.807) is 57.2 Å². The summed E-state index contributed by atoms with van der Waals surface area (Å²) in [6.07, 6.45) is -3.32. The average molecular weight is 567 g/mol. The Morgan fingerprint density at radius 3 is 2.15 bits per heavy atom. The first-order valence-electron chi connectivity index (χ1n) is 13.9. The normalized spacial score (nSPS) is 39.1. The third kappa shape index (κ3) is 4.46. The van der Waals surface area contributed by atoms with Crippen molar-refractivity contribution in [1.29, 1.82) is 0 Å². The Morgan fingerprint density at radius 1 is 0.927 bits per heavy atom. The third-order valence-corrected chi connectivity index (χ3v) is 9.21. The van der Waals surface area contributed by atoms with Crippen LogP contribution in [0.5, 0.6) is 0 Å². The second kappa shape index (κ2) is 10.2. The molecule has 9 nitrogen and oxygen atoms in total. The lowest BCUT2D eigenvalue weighted by atomic mass is 9.46. The van der Waals surface area contributed by atoms with Crippen molar-refractivity contribution in [2.75, 3.05) is 0 Å². The Balaban J connectivity index is 1.69. The molecule has 9 atom stereocenters. The van der Waals surface area contributed by atoms with Crippen molar-refractivity contribution < 1.29 is 43.9 Å². The fourth-order valence-electron chi connectivity index (χ4n) is 7.62. The highest BCUT2D eigenvalue weighted by Gasteiger charge is 2.85. The van der Waals surface area contributed by atoms with Gasteiger partial charge in [0.2, 0.25) is 0 Å². The molecule has 1 aliphatic heterocycles. The van der Waals surface area contributed by atoms with Crippen molar-refractivity contribution in [2.45, 2.75) is 88.4 Å². The van der Waals surface area contributed by atoms with Crippen molar-refractivity contribution in [3.63, 3.8) is 0 Å². The lowest BCUT2D eigenvalue weighted by molar-refractivity contribution is -0.350. The molecular weight excluding hydrogens is 528 g/mol. The summed E-state index contributed by atoms with van der Waals surface area (Å²) >= 11 is 0. The number of fused-ring (bicyclic) bond motifs is 1. The molecule has 5 rings (SSSR count). The monoisotopic (exact) mass is 566 g/mol. The van der Waals surface area contributed by atoms with Crippen LogP contribution in [0.2, 0.25) is 0 Å². The number of benzene rings is 2. The van der Waals surface area contributed by atoms with Crippen molar-refractivity contribution in [3.05, 3.63) is 78.1 Å². The zero-order chi connectivity index (χ0) is 29.8. The molecule has 1 heterocycles. The quantitative estimate of drug-likeness (QED) is 0.356. The summed E-state index contributed by atoms with van der Waals surface area (Å²) in [7, 11) is 0. The maximum Gasteiger partial charge on any atom is 0.338 e. The van der Waals surface area contributed by atoms with Crippen LogP contribution in [0.3, 0.4) is 0 Å². The maximum atomic E-state index is 13.6. The summed E-state index contributed by atoms with van der Waals surface area (Å²) in [5, 5.41) is 35.3. The molecule has 0 aromatic heterocycles. The molecule has 2 bridgehead atoms. The van der Waals surface area contributed by atoms with E-state index < -0.39 is 70.6 Å². The van der Waals surface area contributed by atoms with Crippen LogP contribution in [0, 0.1) is 11.3 Å². The van der Waals surface area contributed by atoms with Gasteiger partial charge in [0.1, 0.15) is 17.8 Å². The van der Waals surface area contributed by atoms with Gasteiger partial charge in [0, 0.05) is 13.3 Å². The molecule has 0 radical (unpaired) electrons. The first-order valence-corrected chi connectivity index (χ1v) is 13.9. The minimum absolute atomic E-state index is 0.251.